The van der Waals surface area contributed by atoms with Crippen LogP contribution in [0.4, 0.5) is 5.69 Å². The number of benzene rings is 2. The van der Waals surface area contributed by atoms with E-state index >= 15 is 0 Å². The van der Waals surface area contributed by atoms with Gasteiger partial charge in [0.2, 0.25) is 0 Å². The second-order valence-corrected chi connectivity index (χ2v) is 6.29. The normalized spacial score (nSPS) is 12.1. The number of nitrogens with one attached hydrogen (secondary N) is 3. The minimum Gasteiger partial charge on any atom is -0.353 e. The molecular weight excluding hydrogens is 360 g/mol. The molecule has 1 aromatic heterocycles. The van der Waals surface area contributed by atoms with Crippen LogP contribution in [0.15, 0.2) is 53.0 Å². The zero-order chi connectivity index (χ0) is 15.5. The number of thiocarbonyl (C=S) groups is 1. The van der Waals surface area contributed by atoms with Gasteiger partial charge in [-0.05, 0) is 55.5 Å². The summed E-state index contributed by atoms with van der Waals surface area (Å²) in [6.45, 7) is 2.02. The second kappa shape index (κ2) is 6.46. The van der Waals surface area contributed by atoms with Crippen LogP contribution < -0.4 is 10.6 Å². The molecule has 3 aromatic rings. The predicted molar refractivity (Wildman–Crippen MR) is 98.0 cm³/mol. The van der Waals surface area contributed by atoms with Gasteiger partial charge in [-0.2, -0.15) is 0 Å². The van der Waals surface area contributed by atoms with E-state index in [1.165, 1.54) is 0 Å². The summed E-state index contributed by atoms with van der Waals surface area (Å²) in [5.41, 5.74) is 2.92. The van der Waals surface area contributed by atoms with Gasteiger partial charge in [-0.25, -0.2) is 4.98 Å². The minimum atomic E-state index is -0.0113. The van der Waals surface area contributed by atoms with Crippen molar-refractivity contribution in [3.63, 3.8) is 0 Å². The highest BCUT2D eigenvalue weighted by Crippen LogP contribution is 2.17. The molecule has 0 aliphatic carbocycles. The summed E-state index contributed by atoms with van der Waals surface area (Å²) in [5, 5.41) is 6.96. The van der Waals surface area contributed by atoms with Gasteiger partial charge in [-0.15, -0.1) is 0 Å². The molecule has 1 unspecified atom stereocenters. The maximum atomic E-state index is 5.35. The van der Waals surface area contributed by atoms with Crippen LogP contribution in [0.5, 0.6) is 0 Å². The van der Waals surface area contributed by atoms with Gasteiger partial charge in [-0.3, -0.25) is 0 Å². The van der Waals surface area contributed by atoms with Crippen LogP contribution in [-0.2, 0) is 0 Å². The van der Waals surface area contributed by atoms with E-state index in [1.807, 2.05) is 55.5 Å². The molecule has 0 saturated heterocycles. The van der Waals surface area contributed by atoms with Crippen molar-refractivity contribution in [1.82, 2.24) is 15.3 Å². The molecule has 0 spiro atoms. The van der Waals surface area contributed by atoms with Crippen molar-refractivity contribution in [1.29, 1.82) is 0 Å². The van der Waals surface area contributed by atoms with Crippen LogP contribution in [0, 0.1) is 0 Å². The topological polar surface area (TPSA) is 52.7 Å². The predicted octanol–water partition coefficient (Wildman–Crippen LogP) is 4.37. The maximum absolute atomic E-state index is 5.35. The first-order valence-electron chi connectivity index (χ1n) is 6.89. The quantitative estimate of drug-likeness (QED) is 0.595. The molecule has 1 atom stereocenters. The van der Waals surface area contributed by atoms with Crippen molar-refractivity contribution in [3.8, 4) is 0 Å². The van der Waals surface area contributed by atoms with Gasteiger partial charge in [0.1, 0.15) is 5.82 Å². The summed E-state index contributed by atoms with van der Waals surface area (Å²) >= 11 is 8.76. The molecule has 112 valence electrons. The largest absolute Gasteiger partial charge is 0.353 e. The lowest BCUT2D eigenvalue weighted by atomic mass is 10.3. The highest BCUT2D eigenvalue weighted by molar-refractivity contribution is 9.10. The SMILES string of the molecule is CC(NC(=S)Nc1ccc(Br)cc1)c1nc2ccccc2[nH]1. The summed E-state index contributed by atoms with van der Waals surface area (Å²) in [5.74, 6) is 0.862. The van der Waals surface area contributed by atoms with Gasteiger partial charge >= 0.3 is 0 Å². The van der Waals surface area contributed by atoms with E-state index < -0.39 is 0 Å². The monoisotopic (exact) mass is 374 g/mol. The zero-order valence-electron chi connectivity index (χ0n) is 11.9. The molecule has 3 rings (SSSR count). The number of H-pyrrole nitrogens is 1. The van der Waals surface area contributed by atoms with Gasteiger partial charge in [0.25, 0.3) is 0 Å². The van der Waals surface area contributed by atoms with Crippen molar-refractivity contribution in [2.24, 2.45) is 0 Å². The molecule has 0 saturated carbocycles. The van der Waals surface area contributed by atoms with Crippen LogP contribution in [-0.4, -0.2) is 15.1 Å². The molecule has 22 heavy (non-hydrogen) atoms. The highest BCUT2D eigenvalue weighted by atomic mass is 79.9. The lowest BCUT2D eigenvalue weighted by molar-refractivity contribution is 0.680. The third-order valence-electron chi connectivity index (χ3n) is 3.27. The molecule has 0 bridgehead atoms. The number of nitrogens with zero attached hydrogens (tertiary/aromatic N) is 1. The second-order valence-electron chi connectivity index (χ2n) is 4.97. The van der Waals surface area contributed by atoms with E-state index in [-0.39, 0.29) is 6.04 Å². The standard InChI is InChI=1S/C16H15BrN4S/c1-10(15-20-13-4-2-3-5-14(13)21-15)18-16(22)19-12-8-6-11(17)7-9-12/h2-10H,1H3,(H,20,21)(H2,18,19,22). The van der Waals surface area contributed by atoms with Crippen LogP contribution >= 0.6 is 28.1 Å². The van der Waals surface area contributed by atoms with E-state index in [0.29, 0.717) is 5.11 Å². The van der Waals surface area contributed by atoms with Crippen LogP contribution in [0.25, 0.3) is 11.0 Å². The zero-order valence-corrected chi connectivity index (χ0v) is 14.3. The molecule has 2 aromatic carbocycles. The molecule has 6 heteroatoms. The van der Waals surface area contributed by atoms with E-state index in [1.54, 1.807) is 0 Å². The number of hydrogen-bond acceptors (Lipinski definition) is 2. The van der Waals surface area contributed by atoms with Crippen LogP contribution in [0.2, 0.25) is 0 Å². The van der Waals surface area contributed by atoms with Gasteiger partial charge < -0.3 is 15.6 Å². The Bertz CT molecular complexity index is 764. The van der Waals surface area contributed by atoms with E-state index in [2.05, 4.69) is 36.5 Å². The van der Waals surface area contributed by atoms with Crippen molar-refractivity contribution in [2.45, 2.75) is 13.0 Å². The first-order valence-corrected chi connectivity index (χ1v) is 8.09. The minimum absolute atomic E-state index is 0.0113. The molecule has 3 N–H and O–H groups in total. The Morgan fingerprint density at radius 2 is 1.91 bits per heavy atom. The van der Waals surface area contributed by atoms with Crippen LogP contribution in [0.1, 0.15) is 18.8 Å². The van der Waals surface area contributed by atoms with Gasteiger partial charge in [0.15, 0.2) is 5.11 Å². The number of rotatable bonds is 3. The molecule has 1 heterocycles. The molecule has 0 aliphatic rings. The smallest absolute Gasteiger partial charge is 0.171 e. The lowest BCUT2D eigenvalue weighted by Crippen LogP contribution is -2.31. The van der Waals surface area contributed by atoms with Gasteiger partial charge in [0.05, 0.1) is 17.1 Å². The summed E-state index contributed by atoms with van der Waals surface area (Å²) in [6, 6.07) is 15.8. The average molecular weight is 375 g/mol. The molecule has 0 amide bonds. The lowest BCUT2D eigenvalue weighted by Gasteiger charge is -2.15. The Balaban J connectivity index is 1.66. The number of fused-ring (bicyclic) bond motifs is 1. The number of aromatic nitrogens is 2. The molecule has 4 nitrogen and oxygen atoms in total. The number of anilines is 1. The van der Waals surface area contributed by atoms with E-state index in [4.69, 9.17) is 12.2 Å². The van der Waals surface area contributed by atoms with E-state index in [0.717, 1.165) is 27.0 Å². The first-order chi connectivity index (χ1) is 10.6. The summed E-state index contributed by atoms with van der Waals surface area (Å²) < 4.78 is 1.03. The van der Waals surface area contributed by atoms with Crippen molar-refractivity contribution in [3.05, 3.63) is 58.8 Å². The number of imidazole rings is 1. The summed E-state index contributed by atoms with van der Waals surface area (Å²) in [4.78, 5) is 7.88. The van der Waals surface area contributed by atoms with Crippen molar-refractivity contribution in [2.75, 3.05) is 5.32 Å². The number of halogens is 1. The summed E-state index contributed by atoms with van der Waals surface area (Å²) in [7, 11) is 0. The Morgan fingerprint density at radius 3 is 2.64 bits per heavy atom. The highest BCUT2D eigenvalue weighted by Gasteiger charge is 2.11. The summed E-state index contributed by atoms with van der Waals surface area (Å²) in [6.07, 6.45) is 0. The fourth-order valence-corrected chi connectivity index (χ4v) is 2.70. The van der Waals surface area contributed by atoms with Crippen molar-refractivity contribution >= 4 is 50.0 Å². The Labute approximate surface area is 142 Å². The molecule has 0 aliphatic heterocycles. The van der Waals surface area contributed by atoms with Crippen molar-refractivity contribution < 1.29 is 0 Å². The van der Waals surface area contributed by atoms with Crippen LogP contribution in [0.3, 0.4) is 0 Å². The Hall–Kier alpha value is -1.92. The number of hydrogen-bond donors (Lipinski definition) is 3. The number of aromatic amines is 1. The maximum Gasteiger partial charge on any atom is 0.171 e. The molecule has 0 fully saturated rings. The molecule has 0 radical (unpaired) electrons. The first kappa shape index (κ1) is 15.0. The van der Waals surface area contributed by atoms with Gasteiger partial charge in [0, 0.05) is 10.2 Å². The van der Waals surface area contributed by atoms with E-state index in [9.17, 15) is 0 Å². The molecular formula is C16H15BrN4S. The van der Waals surface area contributed by atoms with Gasteiger partial charge in [-0.1, -0.05) is 28.1 Å². The Morgan fingerprint density at radius 1 is 1.18 bits per heavy atom. The Kier molecular flexibility index (Phi) is 4.40. The fraction of sp³-hybridized carbons (Fsp3) is 0.125. The average Bonchev–Trinajstić information content (AvgIpc) is 2.93. The third kappa shape index (κ3) is 3.45. The fourth-order valence-electron chi connectivity index (χ4n) is 2.14. The number of para-hydroxylation sites is 2. The third-order valence-corrected chi connectivity index (χ3v) is 4.02.